The van der Waals surface area contributed by atoms with Gasteiger partial charge in [-0.3, -0.25) is 0 Å². The number of nitrogens with zero attached hydrogens (tertiary/aromatic N) is 1. The van der Waals surface area contributed by atoms with Crippen LogP contribution in [0.3, 0.4) is 0 Å². The fourth-order valence-electron chi connectivity index (χ4n) is 2.28. The molecule has 0 N–H and O–H groups in total. The van der Waals surface area contributed by atoms with Gasteiger partial charge >= 0.3 is 0 Å². The van der Waals surface area contributed by atoms with Crippen LogP contribution in [0.1, 0.15) is 40.0 Å². The Balaban J connectivity index is 2.44. The van der Waals surface area contributed by atoms with Gasteiger partial charge < -0.3 is 4.90 Å². The van der Waals surface area contributed by atoms with Crippen molar-refractivity contribution in [2.75, 3.05) is 13.6 Å². The largest absolute Gasteiger partial charge is 0.303 e. The van der Waals surface area contributed by atoms with E-state index in [1.807, 2.05) is 0 Å². The zero-order chi connectivity index (χ0) is 9.14. The molecule has 1 heteroatoms. The molecule has 1 heterocycles. The van der Waals surface area contributed by atoms with Gasteiger partial charge in [0.05, 0.1) is 0 Å². The van der Waals surface area contributed by atoms with Gasteiger partial charge in [-0.1, -0.05) is 20.8 Å². The standard InChI is InChI=1S/C11H23N/c1-5-11-8-10(9(2)3)6-7-12(11)4/h9-11H,5-8H2,1-4H3/t10?,11-/m0/s1. The summed E-state index contributed by atoms with van der Waals surface area (Å²) >= 11 is 0. The number of hydrogen-bond acceptors (Lipinski definition) is 1. The average molecular weight is 169 g/mol. The molecule has 0 spiro atoms. The van der Waals surface area contributed by atoms with Crippen molar-refractivity contribution in [3.8, 4) is 0 Å². The van der Waals surface area contributed by atoms with Crippen molar-refractivity contribution in [3.05, 3.63) is 0 Å². The smallest absolute Gasteiger partial charge is 0.00923 e. The number of piperidine rings is 1. The second-order valence-electron chi connectivity index (χ2n) is 4.57. The molecule has 2 atom stereocenters. The van der Waals surface area contributed by atoms with Gasteiger partial charge in [-0.2, -0.15) is 0 Å². The Hall–Kier alpha value is -0.0400. The number of hydrogen-bond donors (Lipinski definition) is 0. The predicted octanol–water partition coefficient (Wildman–Crippen LogP) is 2.76. The monoisotopic (exact) mass is 169 g/mol. The van der Waals surface area contributed by atoms with E-state index >= 15 is 0 Å². The first-order chi connectivity index (χ1) is 5.65. The van der Waals surface area contributed by atoms with Crippen molar-refractivity contribution in [1.82, 2.24) is 4.90 Å². The molecule has 1 saturated heterocycles. The van der Waals surface area contributed by atoms with E-state index in [1.165, 1.54) is 25.8 Å². The lowest BCUT2D eigenvalue weighted by molar-refractivity contribution is 0.115. The first-order valence-electron chi connectivity index (χ1n) is 5.35. The van der Waals surface area contributed by atoms with Gasteiger partial charge in [0.25, 0.3) is 0 Å². The predicted molar refractivity (Wildman–Crippen MR) is 54.3 cm³/mol. The van der Waals surface area contributed by atoms with Crippen molar-refractivity contribution in [3.63, 3.8) is 0 Å². The Morgan fingerprint density at radius 3 is 2.58 bits per heavy atom. The van der Waals surface area contributed by atoms with Crippen molar-refractivity contribution < 1.29 is 0 Å². The van der Waals surface area contributed by atoms with Gasteiger partial charge in [0, 0.05) is 6.04 Å². The Labute approximate surface area is 77.1 Å². The molecule has 0 aromatic heterocycles. The van der Waals surface area contributed by atoms with Crippen molar-refractivity contribution in [1.29, 1.82) is 0 Å². The molecule has 0 radical (unpaired) electrons. The van der Waals surface area contributed by atoms with E-state index in [9.17, 15) is 0 Å². The van der Waals surface area contributed by atoms with Crippen LogP contribution in [0.25, 0.3) is 0 Å². The molecule has 1 rings (SSSR count). The Kier molecular flexibility index (Phi) is 3.57. The van der Waals surface area contributed by atoms with Crippen LogP contribution in [0.4, 0.5) is 0 Å². The minimum Gasteiger partial charge on any atom is -0.303 e. The van der Waals surface area contributed by atoms with Crippen LogP contribution in [0.15, 0.2) is 0 Å². The first-order valence-corrected chi connectivity index (χ1v) is 5.35. The molecule has 12 heavy (non-hydrogen) atoms. The Morgan fingerprint density at radius 2 is 2.08 bits per heavy atom. The molecule has 0 aliphatic carbocycles. The van der Waals surface area contributed by atoms with E-state index in [1.54, 1.807) is 0 Å². The van der Waals surface area contributed by atoms with E-state index < -0.39 is 0 Å². The highest BCUT2D eigenvalue weighted by Crippen LogP contribution is 2.28. The lowest BCUT2D eigenvalue weighted by Crippen LogP contribution is -2.40. The van der Waals surface area contributed by atoms with E-state index in [0.29, 0.717) is 0 Å². The number of rotatable bonds is 2. The van der Waals surface area contributed by atoms with Gasteiger partial charge in [0.2, 0.25) is 0 Å². The molecule has 0 aromatic carbocycles. The minimum absolute atomic E-state index is 0.853. The fourth-order valence-corrected chi connectivity index (χ4v) is 2.28. The molecule has 1 aliphatic heterocycles. The van der Waals surface area contributed by atoms with E-state index in [-0.39, 0.29) is 0 Å². The second-order valence-corrected chi connectivity index (χ2v) is 4.57. The van der Waals surface area contributed by atoms with Gasteiger partial charge in [-0.25, -0.2) is 0 Å². The average Bonchev–Trinajstić information content (AvgIpc) is 2.05. The van der Waals surface area contributed by atoms with E-state index in [4.69, 9.17) is 0 Å². The summed E-state index contributed by atoms with van der Waals surface area (Å²) in [4.78, 5) is 2.53. The topological polar surface area (TPSA) is 3.24 Å². The summed E-state index contributed by atoms with van der Waals surface area (Å²) in [5, 5.41) is 0. The quantitative estimate of drug-likeness (QED) is 0.614. The summed E-state index contributed by atoms with van der Waals surface area (Å²) in [6.07, 6.45) is 4.15. The lowest BCUT2D eigenvalue weighted by Gasteiger charge is -2.38. The molecule has 1 unspecified atom stereocenters. The van der Waals surface area contributed by atoms with Crippen molar-refractivity contribution in [2.45, 2.75) is 46.1 Å². The maximum Gasteiger partial charge on any atom is 0.00923 e. The summed E-state index contributed by atoms with van der Waals surface area (Å²) in [7, 11) is 2.27. The van der Waals surface area contributed by atoms with Crippen LogP contribution in [0.5, 0.6) is 0 Å². The normalized spacial score (nSPS) is 32.8. The SMILES string of the molecule is CC[C@H]1CC(C(C)C)CCN1C. The van der Waals surface area contributed by atoms with Gasteiger partial charge in [0.15, 0.2) is 0 Å². The van der Waals surface area contributed by atoms with Crippen molar-refractivity contribution >= 4 is 0 Å². The van der Waals surface area contributed by atoms with Crippen LogP contribution >= 0.6 is 0 Å². The fraction of sp³-hybridized carbons (Fsp3) is 1.00. The molecule has 0 bridgehead atoms. The Morgan fingerprint density at radius 1 is 1.42 bits per heavy atom. The molecule has 0 aromatic rings. The van der Waals surface area contributed by atoms with Crippen LogP contribution in [0.2, 0.25) is 0 Å². The molecular weight excluding hydrogens is 146 g/mol. The molecule has 0 saturated carbocycles. The van der Waals surface area contributed by atoms with Gasteiger partial charge in [0.1, 0.15) is 0 Å². The first kappa shape index (κ1) is 10.0. The van der Waals surface area contributed by atoms with Crippen molar-refractivity contribution in [2.24, 2.45) is 11.8 Å². The van der Waals surface area contributed by atoms with Gasteiger partial charge in [-0.15, -0.1) is 0 Å². The van der Waals surface area contributed by atoms with Crippen LogP contribution in [-0.4, -0.2) is 24.5 Å². The maximum absolute atomic E-state index is 2.53. The summed E-state index contributed by atoms with van der Waals surface area (Å²) in [6, 6.07) is 0.853. The van der Waals surface area contributed by atoms with Crippen LogP contribution in [-0.2, 0) is 0 Å². The summed E-state index contributed by atoms with van der Waals surface area (Å²) in [5.41, 5.74) is 0. The summed E-state index contributed by atoms with van der Waals surface area (Å²) in [5.74, 6) is 1.86. The maximum atomic E-state index is 2.53. The van der Waals surface area contributed by atoms with Crippen LogP contribution in [0, 0.1) is 11.8 Å². The molecule has 1 aliphatic rings. The highest BCUT2D eigenvalue weighted by molar-refractivity contribution is 4.80. The highest BCUT2D eigenvalue weighted by atomic mass is 15.1. The third kappa shape index (κ3) is 2.22. The second kappa shape index (κ2) is 4.27. The molecule has 0 amide bonds. The molecule has 1 nitrogen and oxygen atoms in total. The molecule has 1 fully saturated rings. The molecular formula is C11H23N. The van der Waals surface area contributed by atoms with Gasteiger partial charge in [-0.05, 0) is 44.7 Å². The van der Waals surface area contributed by atoms with E-state index in [0.717, 1.165) is 17.9 Å². The summed E-state index contributed by atoms with van der Waals surface area (Å²) in [6.45, 7) is 8.34. The number of likely N-dealkylation sites (tertiary alicyclic amines) is 1. The molecule has 72 valence electrons. The highest BCUT2D eigenvalue weighted by Gasteiger charge is 2.26. The zero-order valence-electron chi connectivity index (χ0n) is 9.01. The third-order valence-electron chi connectivity index (χ3n) is 3.46. The Bertz CT molecular complexity index is 131. The minimum atomic E-state index is 0.853. The zero-order valence-corrected chi connectivity index (χ0v) is 9.01. The van der Waals surface area contributed by atoms with E-state index in [2.05, 4.69) is 32.7 Å². The lowest BCUT2D eigenvalue weighted by atomic mass is 9.82. The summed E-state index contributed by atoms with van der Waals surface area (Å²) < 4.78 is 0. The third-order valence-corrected chi connectivity index (χ3v) is 3.46. The van der Waals surface area contributed by atoms with Crippen LogP contribution < -0.4 is 0 Å².